The minimum atomic E-state index is 0.00798. The molecule has 12 heteroatoms. The van der Waals surface area contributed by atoms with Crippen LogP contribution in [0, 0.1) is 0 Å². The molecule has 4 aromatic carbocycles. The predicted octanol–water partition coefficient (Wildman–Crippen LogP) is 6.79. The Labute approximate surface area is 316 Å². The van der Waals surface area contributed by atoms with E-state index in [1.54, 1.807) is 49.8 Å². The second kappa shape index (κ2) is 14.2. The van der Waals surface area contributed by atoms with Crippen LogP contribution in [0.4, 0.5) is 0 Å². The smallest absolute Gasteiger partial charge is 0.231 e. The summed E-state index contributed by atoms with van der Waals surface area (Å²) in [7, 11) is 15.9. The zero-order chi connectivity index (χ0) is 37.8. The number of nitrogens with zero attached hydrogens (tertiary/aromatic N) is 2. The van der Waals surface area contributed by atoms with Gasteiger partial charge in [0.05, 0.1) is 49.8 Å². The summed E-state index contributed by atoms with van der Waals surface area (Å²) in [5.74, 6) is 7.02. The zero-order valence-corrected chi connectivity index (χ0v) is 32.5. The quantitative estimate of drug-likeness (QED) is 0.162. The maximum absolute atomic E-state index is 6.81. The Bertz CT molecular complexity index is 2120. The Balaban J connectivity index is 1.21. The van der Waals surface area contributed by atoms with Crippen LogP contribution in [0.1, 0.15) is 45.5 Å². The molecule has 0 fully saturated rings. The maximum Gasteiger partial charge on any atom is 0.231 e. The first-order chi connectivity index (χ1) is 26.3. The number of likely N-dealkylation sites (N-methyl/N-ethyl adjacent to an activating group) is 2. The first-order valence-electron chi connectivity index (χ1n) is 18.2. The van der Waals surface area contributed by atoms with E-state index in [1.807, 2.05) is 18.2 Å². The van der Waals surface area contributed by atoms with Crippen LogP contribution in [0.3, 0.4) is 0 Å². The largest absolute Gasteiger partial charge is 0.496 e. The van der Waals surface area contributed by atoms with Crippen LogP contribution >= 0.6 is 0 Å². The summed E-state index contributed by atoms with van der Waals surface area (Å²) in [5, 5.41) is 0. The number of fused-ring (bicyclic) bond motifs is 5. The van der Waals surface area contributed by atoms with Gasteiger partial charge in [-0.2, -0.15) is 0 Å². The van der Waals surface area contributed by atoms with E-state index in [4.69, 9.17) is 47.4 Å². The Morgan fingerprint density at radius 1 is 0.611 bits per heavy atom. The second-order valence-electron chi connectivity index (χ2n) is 14.1. The molecule has 3 heterocycles. The van der Waals surface area contributed by atoms with E-state index in [2.05, 4.69) is 36.0 Å². The average Bonchev–Trinajstić information content (AvgIpc) is 3.69. The minimum absolute atomic E-state index is 0.00798. The highest BCUT2D eigenvalue weighted by molar-refractivity contribution is 5.87. The Morgan fingerprint density at radius 2 is 1.26 bits per heavy atom. The van der Waals surface area contributed by atoms with Crippen LogP contribution in [-0.4, -0.2) is 93.5 Å². The third kappa shape index (κ3) is 5.57. The van der Waals surface area contributed by atoms with E-state index in [9.17, 15) is 0 Å². The molecule has 0 bridgehead atoms. The Morgan fingerprint density at radius 3 is 1.96 bits per heavy atom. The van der Waals surface area contributed by atoms with Gasteiger partial charge in [0.2, 0.25) is 18.3 Å². The highest BCUT2D eigenvalue weighted by Gasteiger charge is 2.40. The number of methoxy groups -OCH3 is 7. The monoisotopic (exact) mass is 740 g/mol. The maximum atomic E-state index is 6.81. The number of rotatable bonds is 11. The van der Waals surface area contributed by atoms with E-state index >= 15 is 0 Å². The lowest BCUT2D eigenvalue weighted by atomic mass is 9.76. The van der Waals surface area contributed by atoms with Crippen molar-refractivity contribution in [3.05, 3.63) is 63.7 Å². The number of ether oxygens (including phenoxy) is 10. The van der Waals surface area contributed by atoms with Gasteiger partial charge in [-0.25, -0.2) is 0 Å². The van der Waals surface area contributed by atoms with Gasteiger partial charge in [-0.3, -0.25) is 9.80 Å². The number of hydrogen-bond donors (Lipinski definition) is 0. The van der Waals surface area contributed by atoms with Crippen LogP contribution < -0.4 is 47.4 Å². The normalized spacial score (nSPS) is 18.2. The van der Waals surface area contributed by atoms with Gasteiger partial charge < -0.3 is 47.4 Å². The van der Waals surface area contributed by atoms with Crippen LogP contribution in [0.5, 0.6) is 63.2 Å². The third-order valence-electron chi connectivity index (χ3n) is 11.5. The Kier molecular flexibility index (Phi) is 9.43. The number of benzene rings is 4. The van der Waals surface area contributed by atoms with Gasteiger partial charge in [0.1, 0.15) is 5.75 Å². The SMILES string of the molecule is COc1cc(OC)c(Oc2cc3c(cc2OC)-c2c(OC)c(OC)c(OC)c4c2[C@@H](C3)N(C)CC4)cc1C[C@H]1c2cc(OC)c3c(c2CCN1C)OCO3. The molecular formula is C42H48N2O10. The summed E-state index contributed by atoms with van der Waals surface area (Å²) in [5.41, 5.74) is 8.73. The van der Waals surface area contributed by atoms with Crippen molar-refractivity contribution in [2.45, 2.75) is 37.8 Å². The number of hydrogen-bond acceptors (Lipinski definition) is 12. The van der Waals surface area contributed by atoms with Crippen molar-refractivity contribution >= 4 is 0 Å². The minimum Gasteiger partial charge on any atom is -0.496 e. The molecule has 0 saturated heterocycles. The molecule has 0 N–H and O–H groups in total. The summed E-state index contributed by atoms with van der Waals surface area (Å²) in [6.45, 7) is 1.93. The lowest BCUT2D eigenvalue weighted by molar-refractivity contribution is 0.169. The molecule has 0 amide bonds. The molecule has 1 aliphatic carbocycles. The van der Waals surface area contributed by atoms with Gasteiger partial charge in [-0.05, 0) is 91.9 Å². The van der Waals surface area contributed by atoms with E-state index in [0.717, 1.165) is 82.8 Å². The summed E-state index contributed by atoms with van der Waals surface area (Å²) in [4.78, 5) is 4.75. The molecule has 2 atom stereocenters. The molecule has 4 aromatic rings. The molecule has 8 rings (SSSR count). The lowest BCUT2D eigenvalue weighted by Crippen LogP contribution is -2.36. The molecule has 0 radical (unpaired) electrons. The standard InChI is InChI=1S/C42H48N2O10/c1-43-12-10-24-27(19-35(48-6)40-39(24)52-21-53-40)28(43)15-23-17-34(32(47-5)20-30(23)45-3)54-33-16-22-14-29-36-25(11-13-44(29)2)38(49-7)42(51-9)41(50-8)37(36)26(22)18-31(33)46-4/h16-20,28-29H,10-15,21H2,1-9H3/t28-,29+/m0/s1. The third-order valence-corrected chi connectivity index (χ3v) is 11.5. The second-order valence-corrected chi connectivity index (χ2v) is 14.1. The highest BCUT2D eigenvalue weighted by atomic mass is 16.7. The van der Waals surface area contributed by atoms with Crippen molar-refractivity contribution in [2.24, 2.45) is 0 Å². The molecule has 0 saturated carbocycles. The first kappa shape index (κ1) is 35.8. The van der Waals surface area contributed by atoms with Crippen molar-refractivity contribution in [1.29, 1.82) is 0 Å². The van der Waals surface area contributed by atoms with Crippen LogP contribution in [-0.2, 0) is 25.7 Å². The Hall–Kier alpha value is -5.20. The molecule has 0 aromatic heterocycles. The molecule has 4 aliphatic rings. The van der Waals surface area contributed by atoms with Gasteiger partial charge in [-0.15, -0.1) is 0 Å². The fourth-order valence-electron chi connectivity index (χ4n) is 8.87. The highest BCUT2D eigenvalue weighted by Crippen LogP contribution is 2.58. The van der Waals surface area contributed by atoms with Crippen LogP contribution in [0.15, 0.2) is 30.3 Å². The molecule has 0 spiro atoms. The van der Waals surface area contributed by atoms with Crippen molar-refractivity contribution in [2.75, 3.05) is 83.7 Å². The van der Waals surface area contributed by atoms with E-state index in [0.29, 0.717) is 58.2 Å². The summed E-state index contributed by atoms with van der Waals surface area (Å²) in [6, 6.07) is 10.2. The molecule has 286 valence electrons. The average molecular weight is 741 g/mol. The summed E-state index contributed by atoms with van der Waals surface area (Å²) in [6.07, 6.45) is 3.09. The summed E-state index contributed by atoms with van der Waals surface area (Å²) < 4.78 is 60.1. The van der Waals surface area contributed by atoms with Gasteiger partial charge in [-0.1, -0.05) is 0 Å². The van der Waals surface area contributed by atoms with E-state index in [1.165, 1.54) is 5.56 Å². The van der Waals surface area contributed by atoms with Crippen molar-refractivity contribution in [3.8, 4) is 74.4 Å². The van der Waals surface area contributed by atoms with Gasteiger partial charge in [0.25, 0.3) is 0 Å². The van der Waals surface area contributed by atoms with Crippen molar-refractivity contribution < 1.29 is 47.4 Å². The first-order valence-corrected chi connectivity index (χ1v) is 18.2. The van der Waals surface area contributed by atoms with Gasteiger partial charge >= 0.3 is 0 Å². The van der Waals surface area contributed by atoms with Crippen LogP contribution in [0.2, 0.25) is 0 Å². The topological polar surface area (TPSA) is 98.8 Å². The fourth-order valence-corrected chi connectivity index (χ4v) is 8.87. The lowest BCUT2D eigenvalue weighted by Gasteiger charge is -2.41. The van der Waals surface area contributed by atoms with E-state index in [-0.39, 0.29) is 18.9 Å². The molecule has 12 nitrogen and oxygen atoms in total. The van der Waals surface area contributed by atoms with E-state index < -0.39 is 0 Å². The molecule has 54 heavy (non-hydrogen) atoms. The van der Waals surface area contributed by atoms with Crippen molar-refractivity contribution in [1.82, 2.24) is 9.80 Å². The molecule has 3 aliphatic heterocycles. The molecular weight excluding hydrogens is 692 g/mol. The fraction of sp³-hybridized carbons (Fsp3) is 0.429. The zero-order valence-electron chi connectivity index (χ0n) is 32.5. The van der Waals surface area contributed by atoms with Gasteiger partial charge in [0, 0.05) is 47.9 Å². The van der Waals surface area contributed by atoms with Crippen LogP contribution in [0.25, 0.3) is 11.1 Å². The molecule has 0 unspecified atom stereocenters. The van der Waals surface area contributed by atoms with Gasteiger partial charge in [0.15, 0.2) is 46.0 Å². The van der Waals surface area contributed by atoms with Crippen molar-refractivity contribution in [3.63, 3.8) is 0 Å². The predicted molar refractivity (Wildman–Crippen MR) is 202 cm³/mol. The summed E-state index contributed by atoms with van der Waals surface area (Å²) >= 11 is 0.